The Labute approximate surface area is 173 Å². The molecule has 0 aromatic rings. The molecular weight excluding hydrogens is 372 g/mol. The molecule has 7 heteroatoms. The molecule has 0 spiro atoms. The van der Waals surface area contributed by atoms with Gasteiger partial charge in [0.15, 0.2) is 0 Å². The number of carboxylic acid groups (broad SMARTS) is 1. The van der Waals surface area contributed by atoms with Gasteiger partial charge in [0.25, 0.3) is 0 Å². The SMILES string of the molecule is CC(C)(C)OC(=O)N[C@H](C(=O)N1CC2C([C@H]1C(=O)O)C2(C)C)C1(C)CCCCC1. The number of fused-ring (bicyclic) bond motifs is 1. The maximum Gasteiger partial charge on any atom is 0.408 e. The van der Waals surface area contributed by atoms with Gasteiger partial charge in [-0.1, -0.05) is 40.0 Å². The lowest BCUT2D eigenvalue weighted by molar-refractivity contribution is -0.152. The first-order valence-electron chi connectivity index (χ1n) is 10.8. The standard InChI is InChI=1S/C22H36N2O5/c1-20(2,3)29-19(28)23-16(22(6)10-8-7-9-11-22)17(25)24-12-13-14(21(13,4)5)15(24)18(26)27/h13-16H,7-12H2,1-6H3,(H,23,28)(H,26,27)/t13?,14?,15-,16+/m0/s1. The van der Waals surface area contributed by atoms with Crippen LogP contribution in [0.1, 0.15) is 73.6 Å². The van der Waals surface area contributed by atoms with Crippen LogP contribution in [-0.4, -0.2) is 52.2 Å². The zero-order valence-corrected chi connectivity index (χ0v) is 18.6. The van der Waals surface area contributed by atoms with Crippen molar-refractivity contribution in [3.63, 3.8) is 0 Å². The molecule has 2 saturated carbocycles. The number of carboxylic acids is 1. The van der Waals surface area contributed by atoms with E-state index in [9.17, 15) is 19.5 Å². The van der Waals surface area contributed by atoms with Crippen LogP contribution in [0, 0.1) is 22.7 Å². The summed E-state index contributed by atoms with van der Waals surface area (Å²) in [6, 6.07) is -1.60. The quantitative estimate of drug-likeness (QED) is 0.743. The average Bonchev–Trinajstić information content (AvgIpc) is 2.94. The summed E-state index contributed by atoms with van der Waals surface area (Å²) in [7, 11) is 0. The number of amides is 2. The highest BCUT2D eigenvalue weighted by Gasteiger charge is 2.70. The lowest BCUT2D eigenvalue weighted by Crippen LogP contribution is -2.60. The molecule has 2 N–H and O–H groups in total. The summed E-state index contributed by atoms with van der Waals surface area (Å²) in [4.78, 5) is 39.7. The number of carbonyl (C=O) groups is 3. The molecule has 2 aliphatic carbocycles. The van der Waals surface area contributed by atoms with Gasteiger partial charge in [-0.25, -0.2) is 9.59 Å². The number of ether oxygens (including phenoxy) is 1. The lowest BCUT2D eigenvalue weighted by atomic mass is 9.70. The lowest BCUT2D eigenvalue weighted by Gasteiger charge is -2.42. The van der Waals surface area contributed by atoms with Crippen LogP contribution in [-0.2, 0) is 14.3 Å². The normalized spacial score (nSPS) is 30.8. The minimum Gasteiger partial charge on any atom is -0.480 e. The van der Waals surface area contributed by atoms with Crippen molar-refractivity contribution in [3.8, 4) is 0 Å². The third kappa shape index (κ3) is 4.10. The number of alkyl carbamates (subject to hydrolysis) is 1. The number of carbonyl (C=O) groups excluding carboxylic acids is 2. The monoisotopic (exact) mass is 408 g/mol. The van der Waals surface area contributed by atoms with Crippen LogP contribution in [0.5, 0.6) is 0 Å². The van der Waals surface area contributed by atoms with Crippen molar-refractivity contribution in [2.24, 2.45) is 22.7 Å². The Balaban J connectivity index is 1.84. The second-order valence-electron chi connectivity index (χ2n) is 11.0. The molecule has 3 rings (SSSR count). The molecule has 0 aromatic carbocycles. The fourth-order valence-corrected chi connectivity index (χ4v) is 5.57. The molecule has 164 valence electrons. The highest BCUT2D eigenvalue weighted by molar-refractivity contribution is 5.91. The summed E-state index contributed by atoms with van der Waals surface area (Å²) < 4.78 is 5.42. The van der Waals surface area contributed by atoms with Gasteiger partial charge in [0.05, 0.1) is 0 Å². The zero-order valence-electron chi connectivity index (χ0n) is 18.6. The number of hydrogen-bond donors (Lipinski definition) is 2. The van der Waals surface area contributed by atoms with E-state index < -0.39 is 35.2 Å². The van der Waals surface area contributed by atoms with E-state index in [0.29, 0.717) is 6.54 Å². The summed E-state index contributed by atoms with van der Waals surface area (Å²) in [6.45, 7) is 11.9. The molecule has 1 aliphatic heterocycles. The van der Waals surface area contributed by atoms with Crippen LogP contribution in [0.15, 0.2) is 0 Å². The average molecular weight is 409 g/mol. The van der Waals surface area contributed by atoms with Crippen LogP contribution in [0.4, 0.5) is 4.79 Å². The van der Waals surface area contributed by atoms with Gasteiger partial charge >= 0.3 is 12.1 Å². The predicted molar refractivity (Wildman–Crippen MR) is 108 cm³/mol. The maximum absolute atomic E-state index is 13.6. The van der Waals surface area contributed by atoms with Crippen LogP contribution >= 0.6 is 0 Å². The molecule has 3 fully saturated rings. The molecule has 4 atom stereocenters. The van der Waals surface area contributed by atoms with E-state index in [0.717, 1.165) is 32.1 Å². The molecule has 29 heavy (non-hydrogen) atoms. The fraction of sp³-hybridized carbons (Fsp3) is 0.864. The summed E-state index contributed by atoms with van der Waals surface area (Å²) in [5.41, 5.74) is -1.13. The van der Waals surface area contributed by atoms with Crippen molar-refractivity contribution in [2.75, 3.05) is 6.54 Å². The number of aliphatic carboxylic acids is 1. The highest BCUT2D eigenvalue weighted by atomic mass is 16.6. The first kappa shape index (κ1) is 21.9. The van der Waals surface area contributed by atoms with Crippen molar-refractivity contribution in [3.05, 3.63) is 0 Å². The highest BCUT2D eigenvalue weighted by Crippen LogP contribution is 2.65. The molecule has 7 nitrogen and oxygen atoms in total. The number of nitrogens with zero attached hydrogens (tertiary/aromatic N) is 1. The van der Waals surface area contributed by atoms with Crippen LogP contribution in [0.2, 0.25) is 0 Å². The summed E-state index contributed by atoms with van der Waals surface area (Å²) in [5.74, 6) is -1.06. The molecule has 2 amide bonds. The molecule has 0 radical (unpaired) electrons. The van der Waals surface area contributed by atoms with E-state index >= 15 is 0 Å². The Kier molecular flexibility index (Phi) is 5.41. The fourth-order valence-electron chi connectivity index (χ4n) is 5.57. The van der Waals surface area contributed by atoms with Gasteiger partial charge in [-0.15, -0.1) is 0 Å². The van der Waals surface area contributed by atoms with Crippen LogP contribution in [0.25, 0.3) is 0 Å². The van der Waals surface area contributed by atoms with Crippen LogP contribution in [0.3, 0.4) is 0 Å². The van der Waals surface area contributed by atoms with Crippen molar-refractivity contribution in [2.45, 2.75) is 91.3 Å². The number of piperidine rings is 1. The number of nitrogens with one attached hydrogen (secondary N) is 1. The number of likely N-dealkylation sites (tertiary alicyclic amines) is 1. The van der Waals surface area contributed by atoms with Gasteiger partial charge in [-0.3, -0.25) is 4.79 Å². The molecule has 2 unspecified atom stereocenters. The predicted octanol–water partition coefficient (Wildman–Crippen LogP) is 3.42. The van der Waals surface area contributed by atoms with E-state index in [-0.39, 0.29) is 23.2 Å². The first-order chi connectivity index (χ1) is 13.3. The van der Waals surface area contributed by atoms with E-state index in [2.05, 4.69) is 19.2 Å². The Hall–Kier alpha value is -1.79. The van der Waals surface area contributed by atoms with Crippen molar-refractivity contribution in [1.29, 1.82) is 0 Å². The van der Waals surface area contributed by atoms with Gasteiger partial charge in [-0.05, 0) is 50.4 Å². The summed E-state index contributed by atoms with van der Waals surface area (Å²) in [6.07, 6.45) is 4.13. The molecule has 1 heterocycles. The van der Waals surface area contributed by atoms with Crippen molar-refractivity contribution in [1.82, 2.24) is 10.2 Å². The van der Waals surface area contributed by atoms with Gasteiger partial charge in [0.2, 0.25) is 5.91 Å². The zero-order chi connectivity index (χ0) is 21.8. The van der Waals surface area contributed by atoms with E-state index in [1.165, 1.54) is 4.90 Å². The molecule has 1 saturated heterocycles. The Morgan fingerprint density at radius 2 is 1.69 bits per heavy atom. The maximum atomic E-state index is 13.6. The van der Waals surface area contributed by atoms with Gasteiger partial charge in [0.1, 0.15) is 17.7 Å². The van der Waals surface area contributed by atoms with Crippen molar-refractivity contribution >= 4 is 18.0 Å². The molecule has 3 aliphatic rings. The Morgan fingerprint density at radius 1 is 1.10 bits per heavy atom. The Morgan fingerprint density at radius 3 is 2.21 bits per heavy atom. The molecule has 0 aromatic heterocycles. The van der Waals surface area contributed by atoms with Crippen LogP contribution < -0.4 is 5.32 Å². The minimum atomic E-state index is -0.957. The van der Waals surface area contributed by atoms with Gasteiger partial charge in [0, 0.05) is 12.5 Å². The smallest absolute Gasteiger partial charge is 0.408 e. The van der Waals surface area contributed by atoms with E-state index in [4.69, 9.17) is 4.74 Å². The second kappa shape index (κ2) is 7.17. The number of rotatable bonds is 4. The largest absolute Gasteiger partial charge is 0.480 e. The van der Waals surface area contributed by atoms with E-state index in [1.54, 1.807) is 20.8 Å². The molecule has 0 bridgehead atoms. The van der Waals surface area contributed by atoms with E-state index in [1.807, 2.05) is 6.92 Å². The minimum absolute atomic E-state index is 0.0229. The number of hydrogen-bond acceptors (Lipinski definition) is 4. The topological polar surface area (TPSA) is 95.9 Å². The first-order valence-corrected chi connectivity index (χ1v) is 10.8. The summed E-state index contributed by atoms with van der Waals surface area (Å²) in [5, 5.41) is 12.7. The second-order valence-corrected chi connectivity index (χ2v) is 11.0. The summed E-state index contributed by atoms with van der Waals surface area (Å²) >= 11 is 0. The van der Waals surface area contributed by atoms with Gasteiger partial charge in [-0.2, -0.15) is 0 Å². The Bertz CT molecular complexity index is 690. The third-order valence-corrected chi connectivity index (χ3v) is 7.35. The van der Waals surface area contributed by atoms with Gasteiger partial charge < -0.3 is 20.1 Å². The van der Waals surface area contributed by atoms with Crippen molar-refractivity contribution < 1.29 is 24.2 Å². The molecular formula is C22H36N2O5. The third-order valence-electron chi connectivity index (χ3n) is 7.35.